The van der Waals surface area contributed by atoms with Crippen molar-refractivity contribution in [2.45, 2.75) is 44.6 Å². The predicted molar refractivity (Wildman–Crippen MR) is 142 cm³/mol. The van der Waals surface area contributed by atoms with E-state index in [1.165, 1.54) is 18.4 Å². The lowest BCUT2D eigenvalue weighted by Gasteiger charge is -2.19. The van der Waals surface area contributed by atoms with Gasteiger partial charge in [-0.25, -0.2) is 9.79 Å². The molecule has 0 bridgehead atoms. The Balaban J connectivity index is 0.00000289. The van der Waals surface area contributed by atoms with Crippen LogP contribution in [0.4, 0.5) is 10.5 Å². The number of nitrogens with one attached hydrogen (secondary N) is 3. The van der Waals surface area contributed by atoms with E-state index in [0.717, 1.165) is 56.2 Å². The van der Waals surface area contributed by atoms with Gasteiger partial charge in [0.05, 0.1) is 6.54 Å². The molecule has 4 rings (SSSR count). The van der Waals surface area contributed by atoms with Gasteiger partial charge in [-0.1, -0.05) is 42.5 Å². The Morgan fingerprint density at radius 1 is 1.03 bits per heavy atom. The van der Waals surface area contributed by atoms with Gasteiger partial charge in [-0.15, -0.1) is 24.0 Å². The Labute approximate surface area is 208 Å². The highest BCUT2D eigenvalue weighted by Gasteiger charge is 2.44. The summed E-state index contributed by atoms with van der Waals surface area (Å²) in [5, 5.41) is 9.91. The summed E-state index contributed by atoms with van der Waals surface area (Å²) in [4.78, 5) is 19.0. The molecule has 1 saturated heterocycles. The SMILES string of the molecule is CCNC(=NCc1cccc(NC(=O)N2CCCC2)c1)NCC1(c2ccccc2)CC1.I. The van der Waals surface area contributed by atoms with Crippen LogP contribution in [0.25, 0.3) is 0 Å². The number of aliphatic imine (C=N–C) groups is 1. The Kier molecular flexibility index (Phi) is 8.78. The number of likely N-dealkylation sites (tertiary alicyclic amines) is 1. The summed E-state index contributed by atoms with van der Waals surface area (Å²) < 4.78 is 0. The first kappa shape index (κ1) is 24.4. The number of amides is 2. The molecule has 6 nitrogen and oxygen atoms in total. The molecule has 1 aliphatic heterocycles. The van der Waals surface area contributed by atoms with Crippen molar-refractivity contribution in [2.24, 2.45) is 4.99 Å². The third-order valence-electron chi connectivity index (χ3n) is 6.17. The van der Waals surface area contributed by atoms with Gasteiger partial charge in [-0.2, -0.15) is 0 Å². The van der Waals surface area contributed by atoms with E-state index in [1.54, 1.807) is 0 Å². The van der Waals surface area contributed by atoms with Gasteiger partial charge in [0, 0.05) is 37.3 Å². The highest BCUT2D eigenvalue weighted by atomic mass is 127. The van der Waals surface area contributed by atoms with Crippen molar-refractivity contribution in [3.63, 3.8) is 0 Å². The molecule has 0 atom stereocenters. The number of carbonyl (C=O) groups is 1. The van der Waals surface area contributed by atoms with Crippen molar-refractivity contribution in [3.8, 4) is 0 Å². The van der Waals surface area contributed by atoms with E-state index in [-0.39, 0.29) is 35.4 Å². The normalized spacial score (nSPS) is 16.8. The van der Waals surface area contributed by atoms with Crippen molar-refractivity contribution >= 4 is 41.7 Å². The molecule has 0 aromatic heterocycles. The molecule has 3 N–H and O–H groups in total. The van der Waals surface area contributed by atoms with E-state index in [1.807, 2.05) is 29.2 Å². The van der Waals surface area contributed by atoms with Crippen LogP contribution in [0.15, 0.2) is 59.6 Å². The number of benzene rings is 2. The minimum Gasteiger partial charge on any atom is -0.357 e. The molecule has 0 unspecified atom stereocenters. The van der Waals surface area contributed by atoms with Crippen molar-refractivity contribution < 1.29 is 4.79 Å². The molecule has 172 valence electrons. The Bertz CT molecular complexity index is 908. The van der Waals surface area contributed by atoms with Crippen LogP contribution in [0.2, 0.25) is 0 Å². The van der Waals surface area contributed by atoms with Crippen LogP contribution < -0.4 is 16.0 Å². The lowest BCUT2D eigenvalue weighted by molar-refractivity contribution is 0.222. The number of hydrogen-bond donors (Lipinski definition) is 3. The molecule has 0 spiro atoms. The largest absolute Gasteiger partial charge is 0.357 e. The average Bonchev–Trinajstić information content (AvgIpc) is 3.38. The highest BCUT2D eigenvalue weighted by Crippen LogP contribution is 2.47. The third-order valence-corrected chi connectivity index (χ3v) is 6.17. The zero-order valence-electron chi connectivity index (χ0n) is 18.8. The molecule has 7 heteroatoms. The van der Waals surface area contributed by atoms with Crippen molar-refractivity contribution in [3.05, 3.63) is 65.7 Å². The minimum absolute atomic E-state index is 0. The molecule has 1 aliphatic carbocycles. The fraction of sp³-hybridized carbons (Fsp3) is 0.440. The summed E-state index contributed by atoms with van der Waals surface area (Å²) in [7, 11) is 0. The summed E-state index contributed by atoms with van der Waals surface area (Å²) in [6.07, 6.45) is 4.60. The van der Waals surface area contributed by atoms with E-state index in [2.05, 4.69) is 53.2 Å². The molecule has 2 aliphatic rings. The van der Waals surface area contributed by atoms with Crippen LogP contribution in [0.5, 0.6) is 0 Å². The highest BCUT2D eigenvalue weighted by molar-refractivity contribution is 14.0. The van der Waals surface area contributed by atoms with E-state index < -0.39 is 0 Å². The number of rotatable bonds is 7. The average molecular weight is 547 g/mol. The minimum atomic E-state index is -0.0104. The molecule has 2 amide bonds. The van der Waals surface area contributed by atoms with Crippen LogP contribution in [0.1, 0.15) is 43.7 Å². The number of halogens is 1. The second-order valence-electron chi connectivity index (χ2n) is 8.52. The lowest BCUT2D eigenvalue weighted by Crippen LogP contribution is -2.41. The quantitative estimate of drug-likeness (QED) is 0.267. The fourth-order valence-corrected chi connectivity index (χ4v) is 4.15. The first-order valence-electron chi connectivity index (χ1n) is 11.4. The van der Waals surface area contributed by atoms with Gasteiger partial charge in [0.1, 0.15) is 0 Å². The molecule has 1 saturated carbocycles. The second-order valence-corrected chi connectivity index (χ2v) is 8.52. The Hall–Kier alpha value is -2.29. The van der Waals surface area contributed by atoms with Crippen molar-refractivity contribution in [1.29, 1.82) is 0 Å². The Morgan fingerprint density at radius 2 is 1.78 bits per heavy atom. The molecule has 32 heavy (non-hydrogen) atoms. The molecule has 1 heterocycles. The summed E-state index contributed by atoms with van der Waals surface area (Å²) >= 11 is 0. The zero-order valence-corrected chi connectivity index (χ0v) is 21.1. The van der Waals surface area contributed by atoms with Gasteiger partial charge in [0.25, 0.3) is 0 Å². The van der Waals surface area contributed by atoms with Gasteiger partial charge in [-0.05, 0) is 55.9 Å². The number of urea groups is 1. The van der Waals surface area contributed by atoms with Crippen LogP contribution >= 0.6 is 24.0 Å². The van der Waals surface area contributed by atoms with E-state index in [9.17, 15) is 4.79 Å². The van der Waals surface area contributed by atoms with Crippen LogP contribution in [0.3, 0.4) is 0 Å². The first-order valence-corrected chi connectivity index (χ1v) is 11.4. The van der Waals surface area contributed by atoms with Crippen molar-refractivity contribution in [2.75, 3.05) is 31.5 Å². The van der Waals surface area contributed by atoms with Crippen LogP contribution in [-0.4, -0.2) is 43.1 Å². The zero-order chi connectivity index (χ0) is 21.5. The number of guanidine groups is 1. The van der Waals surface area contributed by atoms with Gasteiger partial charge in [0.15, 0.2) is 5.96 Å². The molecule has 2 fully saturated rings. The number of carbonyl (C=O) groups excluding carboxylic acids is 1. The van der Waals surface area contributed by atoms with Gasteiger partial charge in [0.2, 0.25) is 0 Å². The smallest absolute Gasteiger partial charge is 0.321 e. The summed E-state index contributed by atoms with van der Waals surface area (Å²) in [5.41, 5.74) is 3.53. The van der Waals surface area contributed by atoms with Crippen LogP contribution in [0, 0.1) is 0 Å². The monoisotopic (exact) mass is 547 g/mol. The predicted octanol–water partition coefficient (Wildman–Crippen LogP) is 4.72. The maximum absolute atomic E-state index is 12.3. The number of hydrogen-bond acceptors (Lipinski definition) is 2. The van der Waals surface area contributed by atoms with E-state index in [0.29, 0.717) is 6.54 Å². The van der Waals surface area contributed by atoms with Gasteiger partial charge in [-0.3, -0.25) is 0 Å². The van der Waals surface area contributed by atoms with E-state index >= 15 is 0 Å². The number of anilines is 1. The first-order chi connectivity index (χ1) is 15.2. The second kappa shape index (κ2) is 11.5. The maximum Gasteiger partial charge on any atom is 0.321 e. The molecular formula is C25H34IN5O. The summed E-state index contributed by atoms with van der Waals surface area (Å²) in [5.74, 6) is 0.830. The summed E-state index contributed by atoms with van der Waals surface area (Å²) in [6.45, 7) is 6.03. The summed E-state index contributed by atoms with van der Waals surface area (Å²) in [6, 6.07) is 18.7. The lowest BCUT2D eigenvalue weighted by atomic mass is 9.96. The standard InChI is InChI=1S/C25H33N5O.HI/c1-2-26-23(28-19-25(13-14-25)21-10-4-3-5-11-21)27-18-20-9-8-12-22(17-20)29-24(31)30-15-6-7-16-30;/h3-5,8-12,17H,2,6-7,13-16,18-19H2,1H3,(H,29,31)(H2,26,27,28);1H. The third kappa shape index (κ3) is 6.37. The number of nitrogens with zero attached hydrogens (tertiary/aromatic N) is 2. The molecule has 2 aromatic carbocycles. The Morgan fingerprint density at radius 3 is 2.47 bits per heavy atom. The molecule has 0 radical (unpaired) electrons. The molecule has 2 aromatic rings. The van der Waals surface area contributed by atoms with Crippen LogP contribution in [-0.2, 0) is 12.0 Å². The van der Waals surface area contributed by atoms with E-state index in [4.69, 9.17) is 4.99 Å². The maximum atomic E-state index is 12.3. The topological polar surface area (TPSA) is 68.8 Å². The van der Waals surface area contributed by atoms with Crippen molar-refractivity contribution in [1.82, 2.24) is 15.5 Å². The molecular weight excluding hydrogens is 513 g/mol. The van der Waals surface area contributed by atoms with Gasteiger partial charge < -0.3 is 20.9 Å². The fourth-order valence-electron chi connectivity index (χ4n) is 4.15. The van der Waals surface area contributed by atoms with Gasteiger partial charge >= 0.3 is 6.03 Å².